The van der Waals surface area contributed by atoms with E-state index in [0.717, 1.165) is 16.7 Å². The average molecular weight is 586 g/mol. The van der Waals surface area contributed by atoms with Crippen molar-refractivity contribution in [3.05, 3.63) is 124 Å². The van der Waals surface area contributed by atoms with Crippen LogP contribution >= 0.6 is 11.6 Å². The minimum absolute atomic E-state index is 0.102. The fourth-order valence-electron chi connectivity index (χ4n) is 4.81. The Kier molecular flexibility index (Phi) is 7.64. The Balaban J connectivity index is 1.60. The Morgan fingerprint density at radius 3 is 2.15 bits per heavy atom. The lowest BCUT2D eigenvalue weighted by Gasteiger charge is -2.27. The van der Waals surface area contributed by atoms with Gasteiger partial charge >= 0.3 is 0 Å². The predicted octanol–water partition coefficient (Wildman–Crippen LogP) is 7.39. The molecular weight excluding hydrogens is 554 g/mol. The lowest BCUT2D eigenvalue weighted by atomic mass is 9.87. The third-order valence-corrected chi connectivity index (χ3v) is 9.58. The van der Waals surface area contributed by atoms with Crippen LogP contribution in [0.1, 0.15) is 45.1 Å². The van der Waals surface area contributed by atoms with Crippen molar-refractivity contribution in [1.82, 2.24) is 13.9 Å². The quantitative estimate of drug-likeness (QED) is 0.208. The van der Waals surface area contributed by atoms with E-state index >= 15 is 0 Å². The minimum atomic E-state index is -3.90. The Bertz CT molecular complexity index is 1890. The van der Waals surface area contributed by atoms with Gasteiger partial charge in [-0.25, -0.2) is 13.4 Å². The molecule has 210 valence electrons. The Hall–Kier alpha value is -3.78. The van der Waals surface area contributed by atoms with E-state index in [9.17, 15) is 13.2 Å². The molecule has 0 aliphatic rings. The summed E-state index contributed by atoms with van der Waals surface area (Å²) < 4.78 is 30.2. The number of para-hydroxylation sites is 1. The zero-order valence-electron chi connectivity index (χ0n) is 23.7. The first-order chi connectivity index (χ1) is 19.4. The van der Waals surface area contributed by atoms with Crippen LogP contribution in [0.2, 0.25) is 5.02 Å². The van der Waals surface area contributed by atoms with Gasteiger partial charge in [0.1, 0.15) is 5.82 Å². The normalized spacial score (nSPS) is 13.0. The van der Waals surface area contributed by atoms with Crippen molar-refractivity contribution < 1.29 is 8.42 Å². The maximum absolute atomic E-state index is 13.9. The molecule has 0 amide bonds. The molecule has 0 saturated heterocycles. The van der Waals surface area contributed by atoms with Crippen LogP contribution in [0.15, 0.2) is 107 Å². The van der Waals surface area contributed by atoms with Gasteiger partial charge < -0.3 is 0 Å². The van der Waals surface area contributed by atoms with Gasteiger partial charge in [0.05, 0.1) is 27.5 Å². The average Bonchev–Trinajstić information content (AvgIpc) is 2.96. The molecule has 0 spiro atoms. The first-order valence-electron chi connectivity index (χ1n) is 13.3. The number of hydrogen-bond acceptors (Lipinski definition) is 4. The first-order valence-corrected chi connectivity index (χ1v) is 15.2. The second-order valence-corrected chi connectivity index (χ2v) is 13.6. The van der Waals surface area contributed by atoms with Crippen molar-refractivity contribution in [3.63, 3.8) is 0 Å². The summed E-state index contributed by atoms with van der Waals surface area (Å²) in [6, 6.07) is 28.3. The van der Waals surface area contributed by atoms with Gasteiger partial charge in [-0.05, 0) is 77.6 Å². The van der Waals surface area contributed by atoms with E-state index in [1.165, 1.54) is 15.9 Å². The van der Waals surface area contributed by atoms with Gasteiger partial charge in [-0.15, -0.1) is 0 Å². The lowest BCUT2D eigenvalue weighted by molar-refractivity contribution is 0.379. The Labute approximate surface area is 245 Å². The molecule has 0 radical (unpaired) electrons. The summed E-state index contributed by atoms with van der Waals surface area (Å²) in [5, 5.41) is 1.08. The largest absolute Gasteiger partial charge is 0.268 e. The van der Waals surface area contributed by atoms with Crippen molar-refractivity contribution in [2.75, 3.05) is 7.05 Å². The number of hydrogen-bond donors (Lipinski definition) is 0. The topological polar surface area (TPSA) is 72.3 Å². The number of aromatic nitrogens is 2. The highest BCUT2D eigenvalue weighted by molar-refractivity contribution is 7.89. The predicted molar refractivity (Wildman–Crippen MR) is 166 cm³/mol. The van der Waals surface area contributed by atoms with Crippen LogP contribution in [0.5, 0.6) is 0 Å². The standard InChI is InChI=1S/C33H32ClN3O3S/c1-22(36(5)41(39,40)28-19-15-25(16-20-28)33(2,3)4)31-35-30-12-7-6-11-29(30)32(38)37(31)27-17-13-23(14-18-27)24-9-8-10-26(34)21-24/h6-22H,1-5H3. The van der Waals surface area contributed by atoms with Gasteiger partial charge in [0, 0.05) is 12.1 Å². The van der Waals surface area contributed by atoms with Crippen LogP contribution in [0, 0.1) is 0 Å². The number of halogens is 1. The highest BCUT2D eigenvalue weighted by atomic mass is 35.5. The van der Waals surface area contributed by atoms with Crippen LogP contribution in [0.3, 0.4) is 0 Å². The molecular formula is C33H32ClN3O3S. The van der Waals surface area contributed by atoms with Gasteiger partial charge in [-0.3, -0.25) is 9.36 Å². The SMILES string of the molecule is CC(c1nc2ccccc2c(=O)n1-c1ccc(-c2cccc(Cl)c2)cc1)N(C)S(=O)(=O)c1ccc(C(C)(C)C)cc1. The van der Waals surface area contributed by atoms with Crippen molar-refractivity contribution in [1.29, 1.82) is 0 Å². The highest BCUT2D eigenvalue weighted by Gasteiger charge is 2.30. The summed E-state index contributed by atoms with van der Waals surface area (Å²) in [6.07, 6.45) is 0. The smallest absolute Gasteiger partial charge is 0.266 e. The molecule has 4 aromatic carbocycles. The van der Waals surface area contributed by atoms with Gasteiger partial charge in [-0.1, -0.05) is 80.9 Å². The molecule has 1 aromatic heterocycles. The number of benzene rings is 4. The molecule has 1 atom stereocenters. The molecule has 0 bridgehead atoms. The third kappa shape index (κ3) is 5.58. The summed E-state index contributed by atoms with van der Waals surface area (Å²) in [4.78, 5) is 18.9. The van der Waals surface area contributed by atoms with E-state index in [4.69, 9.17) is 16.6 Å². The van der Waals surface area contributed by atoms with Crippen LogP contribution in [0.4, 0.5) is 0 Å². The van der Waals surface area contributed by atoms with Crippen molar-refractivity contribution in [3.8, 4) is 16.8 Å². The summed E-state index contributed by atoms with van der Waals surface area (Å²) in [7, 11) is -2.38. The molecule has 0 aliphatic carbocycles. The van der Waals surface area contributed by atoms with Crippen LogP contribution in [-0.4, -0.2) is 29.3 Å². The van der Waals surface area contributed by atoms with Crippen LogP contribution in [-0.2, 0) is 15.4 Å². The summed E-state index contributed by atoms with van der Waals surface area (Å²) in [5.74, 6) is 0.321. The fourth-order valence-corrected chi connectivity index (χ4v) is 6.33. The molecule has 0 saturated carbocycles. The van der Waals surface area contributed by atoms with E-state index in [-0.39, 0.29) is 15.9 Å². The monoisotopic (exact) mass is 585 g/mol. The summed E-state index contributed by atoms with van der Waals surface area (Å²) in [5.41, 5.74) is 3.64. The van der Waals surface area contributed by atoms with E-state index in [1.807, 2.05) is 66.7 Å². The van der Waals surface area contributed by atoms with Crippen molar-refractivity contribution >= 4 is 32.5 Å². The second-order valence-electron chi connectivity index (χ2n) is 11.2. The zero-order valence-corrected chi connectivity index (χ0v) is 25.2. The van der Waals surface area contributed by atoms with Crippen molar-refractivity contribution in [2.24, 2.45) is 0 Å². The van der Waals surface area contributed by atoms with Gasteiger partial charge in [0.15, 0.2) is 0 Å². The molecule has 5 aromatic rings. The van der Waals surface area contributed by atoms with Crippen molar-refractivity contribution in [2.45, 2.75) is 44.0 Å². The van der Waals surface area contributed by atoms with E-state index in [0.29, 0.717) is 27.4 Å². The molecule has 8 heteroatoms. The molecule has 6 nitrogen and oxygen atoms in total. The second kappa shape index (κ2) is 10.9. The minimum Gasteiger partial charge on any atom is -0.268 e. The molecule has 5 rings (SSSR count). The maximum atomic E-state index is 13.9. The van der Waals surface area contributed by atoms with E-state index < -0.39 is 16.1 Å². The number of sulfonamides is 1. The first kappa shape index (κ1) is 28.7. The summed E-state index contributed by atoms with van der Waals surface area (Å²) in [6.45, 7) is 7.99. The number of fused-ring (bicyclic) bond motifs is 1. The van der Waals surface area contributed by atoms with E-state index in [2.05, 4.69) is 20.8 Å². The highest BCUT2D eigenvalue weighted by Crippen LogP contribution is 2.30. The van der Waals surface area contributed by atoms with Crippen LogP contribution in [0.25, 0.3) is 27.7 Å². The molecule has 41 heavy (non-hydrogen) atoms. The number of nitrogens with zero attached hydrogens (tertiary/aromatic N) is 3. The van der Waals surface area contributed by atoms with Gasteiger partial charge in [0.2, 0.25) is 10.0 Å². The third-order valence-electron chi connectivity index (χ3n) is 7.40. The maximum Gasteiger partial charge on any atom is 0.266 e. The molecule has 0 N–H and O–H groups in total. The molecule has 1 heterocycles. The van der Waals surface area contributed by atoms with E-state index in [1.54, 1.807) is 37.3 Å². The fraction of sp³-hybridized carbons (Fsp3) is 0.212. The molecule has 0 aliphatic heterocycles. The Morgan fingerprint density at radius 1 is 0.854 bits per heavy atom. The van der Waals surface area contributed by atoms with Gasteiger partial charge in [-0.2, -0.15) is 4.31 Å². The molecule has 1 unspecified atom stereocenters. The molecule has 0 fully saturated rings. The lowest BCUT2D eigenvalue weighted by Crippen LogP contribution is -2.35. The Morgan fingerprint density at radius 2 is 1.51 bits per heavy atom. The van der Waals surface area contributed by atoms with Gasteiger partial charge in [0.25, 0.3) is 5.56 Å². The summed E-state index contributed by atoms with van der Waals surface area (Å²) >= 11 is 6.18. The number of rotatable bonds is 6. The van der Waals surface area contributed by atoms with Crippen LogP contribution < -0.4 is 5.56 Å². The zero-order chi connectivity index (χ0) is 29.5.